The fraction of sp³-hybridized carbons (Fsp3) is 0.214. The molecule has 0 unspecified atom stereocenters. The minimum absolute atomic E-state index is 0.583. The molecule has 2 N–H and O–H groups in total. The van der Waals surface area contributed by atoms with Gasteiger partial charge in [-0.25, -0.2) is 4.98 Å². The molecule has 3 aromatic rings. The average molecular weight is 276 g/mol. The third-order valence-electron chi connectivity index (χ3n) is 2.96. The van der Waals surface area contributed by atoms with Crippen molar-refractivity contribution in [2.45, 2.75) is 20.0 Å². The lowest BCUT2D eigenvalue weighted by Crippen LogP contribution is -2.13. The molecule has 0 aliphatic carbocycles. The number of halogens is 1. The quantitative estimate of drug-likeness (QED) is 0.767. The van der Waals surface area contributed by atoms with Crippen LogP contribution in [-0.4, -0.2) is 9.97 Å². The van der Waals surface area contributed by atoms with Crippen molar-refractivity contribution in [3.05, 3.63) is 52.8 Å². The minimum atomic E-state index is 0.583. The standard InChI is InChI=1S/C14H14ClN3O/c1-9-6-17-13(19-9)8-16-7-12-14(15)10-4-2-3-5-11(10)18-12/h2-6,16,18H,7-8H2,1H3. The molecule has 0 fully saturated rings. The van der Waals surface area contributed by atoms with E-state index in [0.29, 0.717) is 19.0 Å². The van der Waals surface area contributed by atoms with E-state index < -0.39 is 0 Å². The van der Waals surface area contributed by atoms with E-state index in [1.165, 1.54) is 0 Å². The van der Waals surface area contributed by atoms with Crippen molar-refractivity contribution in [1.82, 2.24) is 15.3 Å². The number of nitrogens with zero attached hydrogens (tertiary/aromatic N) is 1. The molecule has 98 valence electrons. The zero-order valence-corrected chi connectivity index (χ0v) is 11.3. The summed E-state index contributed by atoms with van der Waals surface area (Å²) in [5.41, 5.74) is 2.03. The lowest BCUT2D eigenvalue weighted by Gasteiger charge is -2.00. The van der Waals surface area contributed by atoms with Gasteiger partial charge in [-0.05, 0) is 13.0 Å². The number of aryl methyl sites for hydroxylation is 1. The van der Waals surface area contributed by atoms with E-state index >= 15 is 0 Å². The molecule has 2 heterocycles. The summed E-state index contributed by atoms with van der Waals surface area (Å²) in [6, 6.07) is 7.99. The Morgan fingerprint density at radius 3 is 2.89 bits per heavy atom. The highest BCUT2D eigenvalue weighted by molar-refractivity contribution is 6.36. The van der Waals surface area contributed by atoms with E-state index in [-0.39, 0.29) is 0 Å². The van der Waals surface area contributed by atoms with Crippen LogP contribution in [0.5, 0.6) is 0 Å². The molecule has 2 aromatic heterocycles. The first-order valence-corrected chi connectivity index (χ1v) is 6.49. The van der Waals surface area contributed by atoms with Crippen LogP contribution in [0.1, 0.15) is 17.3 Å². The Hall–Kier alpha value is -1.78. The molecule has 3 rings (SSSR count). The van der Waals surface area contributed by atoms with E-state index in [4.69, 9.17) is 16.0 Å². The molecule has 0 bridgehead atoms. The van der Waals surface area contributed by atoms with Gasteiger partial charge in [0, 0.05) is 23.1 Å². The van der Waals surface area contributed by atoms with Gasteiger partial charge in [0.1, 0.15) is 5.76 Å². The Labute approximate surface area is 115 Å². The molecule has 0 atom stereocenters. The summed E-state index contributed by atoms with van der Waals surface area (Å²) in [5.74, 6) is 1.50. The summed E-state index contributed by atoms with van der Waals surface area (Å²) in [6.07, 6.45) is 1.72. The molecule has 19 heavy (non-hydrogen) atoms. The van der Waals surface area contributed by atoms with Crippen LogP contribution in [0.25, 0.3) is 10.9 Å². The SMILES string of the molecule is Cc1cnc(CNCc2[nH]c3ccccc3c2Cl)o1. The van der Waals surface area contributed by atoms with Gasteiger partial charge < -0.3 is 14.7 Å². The monoisotopic (exact) mass is 275 g/mol. The summed E-state index contributed by atoms with van der Waals surface area (Å²) in [6.45, 7) is 3.11. The Bertz CT molecular complexity index is 702. The summed E-state index contributed by atoms with van der Waals surface area (Å²) in [4.78, 5) is 7.45. The van der Waals surface area contributed by atoms with Crippen molar-refractivity contribution < 1.29 is 4.42 Å². The number of rotatable bonds is 4. The van der Waals surface area contributed by atoms with Crippen LogP contribution in [0.4, 0.5) is 0 Å². The number of hydrogen-bond acceptors (Lipinski definition) is 3. The van der Waals surface area contributed by atoms with Gasteiger partial charge in [0.15, 0.2) is 0 Å². The van der Waals surface area contributed by atoms with Gasteiger partial charge in [0.25, 0.3) is 0 Å². The van der Waals surface area contributed by atoms with Gasteiger partial charge in [-0.15, -0.1) is 0 Å². The molecule has 0 aliphatic rings. The number of hydrogen-bond donors (Lipinski definition) is 2. The summed E-state index contributed by atoms with van der Waals surface area (Å²) in [5, 5.41) is 5.08. The van der Waals surface area contributed by atoms with Crippen molar-refractivity contribution in [1.29, 1.82) is 0 Å². The molecule has 0 amide bonds. The van der Waals surface area contributed by atoms with E-state index in [2.05, 4.69) is 15.3 Å². The number of aromatic nitrogens is 2. The number of H-pyrrole nitrogens is 1. The summed E-state index contributed by atoms with van der Waals surface area (Å²) in [7, 11) is 0. The first-order chi connectivity index (χ1) is 9.24. The second-order valence-corrected chi connectivity index (χ2v) is 4.81. The maximum Gasteiger partial charge on any atom is 0.208 e. The Balaban J connectivity index is 1.70. The van der Waals surface area contributed by atoms with Crippen LogP contribution in [0.2, 0.25) is 5.02 Å². The van der Waals surface area contributed by atoms with E-state index in [0.717, 1.165) is 27.4 Å². The topological polar surface area (TPSA) is 53.9 Å². The predicted octanol–water partition coefficient (Wildman–Crippen LogP) is 3.41. The average Bonchev–Trinajstić information content (AvgIpc) is 2.96. The number of oxazole rings is 1. The molecule has 0 aliphatic heterocycles. The largest absolute Gasteiger partial charge is 0.445 e. The summed E-state index contributed by atoms with van der Waals surface area (Å²) >= 11 is 6.33. The molecule has 4 nitrogen and oxygen atoms in total. The molecule has 0 saturated heterocycles. The van der Waals surface area contributed by atoms with E-state index in [1.807, 2.05) is 31.2 Å². The molecule has 0 saturated carbocycles. The highest BCUT2D eigenvalue weighted by atomic mass is 35.5. The van der Waals surface area contributed by atoms with Crippen LogP contribution in [0.15, 0.2) is 34.9 Å². The molecule has 1 aromatic carbocycles. The van der Waals surface area contributed by atoms with Gasteiger partial charge in [0.2, 0.25) is 5.89 Å². The fourth-order valence-corrected chi connectivity index (χ4v) is 2.34. The number of para-hydroxylation sites is 1. The molecular weight excluding hydrogens is 262 g/mol. The second-order valence-electron chi connectivity index (χ2n) is 4.43. The van der Waals surface area contributed by atoms with Crippen LogP contribution in [0.3, 0.4) is 0 Å². The Morgan fingerprint density at radius 1 is 1.32 bits per heavy atom. The number of aromatic amines is 1. The first kappa shape index (κ1) is 12.3. The predicted molar refractivity (Wildman–Crippen MR) is 75.1 cm³/mol. The zero-order valence-electron chi connectivity index (χ0n) is 10.5. The van der Waals surface area contributed by atoms with Gasteiger partial charge >= 0.3 is 0 Å². The lowest BCUT2D eigenvalue weighted by molar-refractivity contribution is 0.448. The number of benzene rings is 1. The van der Waals surface area contributed by atoms with Gasteiger partial charge in [0.05, 0.1) is 17.8 Å². The minimum Gasteiger partial charge on any atom is -0.445 e. The lowest BCUT2D eigenvalue weighted by atomic mass is 10.2. The molecular formula is C14H14ClN3O. The molecule has 0 spiro atoms. The highest BCUT2D eigenvalue weighted by Crippen LogP contribution is 2.26. The van der Waals surface area contributed by atoms with Crippen molar-refractivity contribution in [3.8, 4) is 0 Å². The second kappa shape index (κ2) is 5.07. The first-order valence-electron chi connectivity index (χ1n) is 6.11. The maximum absolute atomic E-state index is 6.33. The number of fused-ring (bicyclic) bond motifs is 1. The molecule has 0 radical (unpaired) electrons. The van der Waals surface area contributed by atoms with Gasteiger partial charge in [-0.1, -0.05) is 29.8 Å². The van der Waals surface area contributed by atoms with Crippen molar-refractivity contribution >= 4 is 22.5 Å². The smallest absolute Gasteiger partial charge is 0.208 e. The third kappa shape index (κ3) is 2.50. The van der Waals surface area contributed by atoms with Gasteiger partial charge in [-0.2, -0.15) is 0 Å². The van der Waals surface area contributed by atoms with Crippen LogP contribution < -0.4 is 5.32 Å². The maximum atomic E-state index is 6.33. The van der Waals surface area contributed by atoms with Crippen molar-refractivity contribution in [2.75, 3.05) is 0 Å². The van der Waals surface area contributed by atoms with E-state index in [9.17, 15) is 0 Å². The van der Waals surface area contributed by atoms with Crippen molar-refractivity contribution in [3.63, 3.8) is 0 Å². The summed E-state index contributed by atoms with van der Waals surface area (Å²) < 4.78 is 5.39. The highest BCUT2D eigenvalue weighted by Gasteiger charge is 2.08. The molecule has 5 heteroatoms. The Morgan fingerprint density at radius 2 is 2.16 bits per heavy atom. The number of nitrogens with one attached hydrogen (secondary N) is 2. The van der Waals surface area contributed by atoms with Gasteiger partial charge in [-0.3, -0.25) is 0 Å². The van der Waals surface area contributed by atoms with E-state index in [1.54, 1.807) is 6.20 Å². The third-order valence-corrected chi connectivity index (χ3v) is 3.39. The normalized spacial score (nSPS) is 11.3. The Kier molecular flexibility index (Phi) is 3.27. The van der Waals surface area contributed by atoms with Crippen LogP contribution in [-0.2, 0) is 13.1 Å². The zero-order chi connectivity index (χ0) is 13.2. The fourth-order valence-electron chi connectivity index (χ4n) is 2.06. The van der Waals surface area contributed by atoms with Crippen molar-refractivity contribution in [2.24, 2.45) is 0 Å². The van der Waals surface area contributed by atoms with Crippen LogP contribution in [0, 0.1) is 6.92 Å². The van der Waals surface area contributed by atoms with Crippen LogP contribution >= 0.6 is 11.6 Å².